The minimum absolute atomic E-state index is 0.0649. The van der Waals surface area contributed by atoms with Gasteiger partial charge in [-0.1, -0.05) is 6.07 Å². The first-order valence-electron chi connectivity index (χ1n) is 12.7. The normalized spacial score (nSPS) is 51.1. The zero-order valence-electron chi connectivity index (χ0n) is 18.6. The van der Waals surface area contributed by atoms with Crippen LogP contribution >= 0.6 is 0 Å². The van der Waals surface area contributed by atoms with Gasteiger partial charge >= 0.3 is 0 Å². The van der Waals surface area contributed by atoms with Crippen LogP contribution in [0.5, 0.6) is 11.5 Å². The summed E-state index contributed by atoms with van der Waals surface area (Å²) in [5, 5.41) is 23.6. The summed E-state index contributed by atoms with van der Waals surface area (Å²) in [4.78, 5) is 4.80. The Hall–Kier alpha value is -1.42. The van der Waals surface area contributed by atoms with Crippen molar-refractivity contribution in [1.29, 1.82) is 0 Å². The van der Waals surface area contributed by atoms with Gasteiger partial charge in [-0.2, -0.15) is 0 Å². The van der Waals surface area contributed by atoms with Gasteiger partial charge in [0.2, 0.25) is 0 Å². The van der Waals surface area contributed by atoms with E-state index in [0.29, 0.717) is 31.8 Å². The maximum absolute atomic E-state index is 12.7. The number of aliphatic hydroxyl groups is 1. The Morgan fingerprint density at radius 2 is 1.94 bits per heavy atom. The molecule has 6 fully saturated rings. The number of phenolic OH excluding ortho intramolecular Hbond substituents is 1. The van der Waals surface area contributed by atoms with Crippen LogP contribution in [0.25, 0.3) is 0 Å². The Morgan fingerprint density at radius 1 is 1.06 bits per heavy atom. The van der Waals surface area contributed by atoms with Gasteiger partial charge < -0.3 is 29.2 Å². The lowest BCUT2D eigenvalue weighted by molar-refractivity contribution is -0.259. The van der Waals surface area contributed by atoms with Crippen molar-refractivity contribution >= 4 is 0 Å². The van der Waals surface area contributed by atoms with Crippen LogP contribution in [0, 0.1) is 5.92 Å². The molecule has 5 unspecified atom stereocenters. The van der Waals surface area contributed by atoms with Crippen molar-refractivity contribution in [2.45, 2.75) is 86.0 Å². The number of nitrogens with zero attached hydrogens (tertiary/aromatic N) is 2. The van der Waals surface area contributed by atoms with Crippen LogP contribution in [-0.4, -0.2) is 88.3 Å². The first-order valence-corrected chi connectivity index (χ1v) is 12.7. The highest BCUT2D eigenvalue weighted by Crippen LogP contribution is 2.69. The van der Waals surface area contributed by atoms with E-state index in [4.69, 9.17) is 18.9 Å². The standard InChI is InChI=1S/C25H30N2O6/c28-15-4-3-14-9-16-25(29)6-5-24(22-27-17(11-31-22)30-12-18(27)33-24)21-23(25,19(14)20(15)32-21)7-8-26(16)10-13-1-2-13/h3-4,13,16-18,21-22,28-29H,1-2,5-12H2/t16?,17-,18-,21?,22-,23?,24?,25?/m1/s1. The predicted octanol–water partition coefficient (Wildman–Crippen LogP) is 1.07. The van der Waals surface area contributed by atoms with Gasteiger partial charge in [-0.3, -0.25) is 4.90 Å². The van der Waals surface area contributed by atoms with Gasteiger partial charge in [-0.25, -0.2) is 4.90 Å². The Labute approximate surface area is 192 Å². The zero-order valence-corrected chi connectivity index (χ0v) is 18.6. The molecule has 0 amide bonds. The monoisotopic (exact) mass is 454 g/mol. The lowest BCUT2D eigenvalue weighted by Gasteiger charge is -2.66. The Kier molecular flexibility index (Phi) is 3.25. The van der Waals surface area contributed by atoms with Gasteiger partial charge in [0.25, 0.3) is 0 Å². The second kappa shape index (κ2) is 5.69. The van der Waals surface area contributed by atoms with E-state index in [-0.39, 0.29) is 30.5 Å². The molecule has 4 saturated heterocycles. The summed E-state index contributed by atoms with van der Waals surface area (Å²) < 4.78 is 25.8. The average molecular weight is 455 g/mol. The minimum Gasteiger partial charge on any atom is -0.504 e. The second-order valence-electron chi connectivity index (χ2n) is 11.7. The molecule has 8 atom stereocenters. The Balaban J connectivity index is 1.24. The van der Waals surface area contributed by atoms with Gasteiger partial charge in [0.1, 0.15) is 30.4 Å². The summed E-state index contributed by atoms with van der Waals surface area (Å²) in [5.41, 5.74) is 0.0631. The number of benzene rings is 1. The largest absolute Gasteiger partial charge is 0.504 e. The molecule has 5 heterocycles. The summed E-state index contributed by atoms with van der Waals surface area (Å²) in [5.74, 6) is 1.51. The fraction of sp³-hybridized carbons (Fsp3) is 0.760. The lowest BCUT2D eigenvalue weighted by atomic mass is 9.46. The molecular weight excluding hydrogens is 424 g/mol. The summed E-state index contributed by atoms with van der Waals surface area (Å²) >= 11 is 0. The van der Waals surface area contributed by atoms with Gasteiger partial charge in [0.05, 0.1) is 24.2 Å². The van der Waals surface area contributed by atoms with Crippen LogP contribution in [0.1, 0.15) is 43.2 Å². The van der Waals surface area contributed by atoms with Gasteiger partial charge in [-0.15, -0.1) is 0 Å². The Bertz CT molecular complexity index is 1080. The van der Waals surface area contributed by atoms with Gasteiger partial charge in [0, 0.05) is 18.2 Å². The molecule has 1 aromatic rings. The van der Waals surface area contributed by atoms with E-state index in [1.54, 1.807) is 6.07 Å². The SMILES string of the molecule is Oc1ccc2c3c1OC1C4(CCC5(O)C(C2)N(CC2CC2)CCC315)O[C@@H]1CO[C@@H]2CO[C@H]4N21. The molecule has 5 aliphatic heterocycles. The van der Waals surface area contributed by atoms with Gasteiger partial charge in [-0.05, 0) is 62.6 Å². The molecule has 1 aromatic carbocycles. The van der Waals surface area contributed by atoms with E-state index in [0.717, 1.165) is 37.4 Å². The molecule has 8 aliphatic rings. The van der Waals surface area contributed by atoms with E-state index in [1.807, 2.05) is 0 Å². The lowest BCUT2D eigenvalue weighted by Crippen LogP contribution is -2.80. The van der Waals surface area contributed by atoms with E-state index < -0.39 is 22.7 Å². The van der Waals surface area contributed by atoms with Crippen molar-refractivity contribution in [1.82, 2.24) is 9.80 Å². The molecule has 8 heteroatoms. The molecule has 2 bridgehead atoms. The molecule has 0 aromatic heterocycles. The number of phenols is 1. The Morgan fingerprint density at radius 3 is 2.82 bits per heavy atom. The molecule has 176 valence electrons. The fourth-order valence-corrected chi connectivity index (χ4v) is 8.93. The topological polar surface area (TPSA) is 83.9 Å². The third kappa shape index (κ3) is 1.94. The third-order valence-corrected chi connectivity index (χ3v) is 10.4. The van der Waals surface area contributed by atoms with E-state index in [1.165, 1.54) is 18.4 Å². The van der Waals surface area contributed by atoms with Crippen LogP contribution in [0.2, 0.25) is 0 Å². The summed E-state index contributed by atoms with van der Waals surface area (Å²) in [6.45, 7) is 3.10. The molecule has 2 spiro atoms. The van der Waals surface area contributed by atoms with Crippen LogP contribution in [-0.2, 0) is 26.0 Å². The van der Waals surface area contributed by atoms with Crippen LogP contribution < -0.4 is 4.74 Å². The summed E-state index contributed by atoms with van der Waals surface area (Å²) in [6, 6.07) is 3.89. The number of ether oxygens (including phenoxy) is 4. The average Bonchev–Trinajstić information content (AvgIpc) is 3.14. The second-order valence-corrected chi connectivity index (χ2v) is 11.7. The smallest absolute Gasteiger partial charge is 0.165 e. The van der Waals surface area contributed by atoms with Crippen molar-refractivity contribution < 1.29 is 29.2 Å². The maximum Gasteiger partial charge on any atom is 0.165 e. The minimum atomic E-state index is -0.910. The van der Waals surface area contributed by atoms with Gasteiger partial charge in [0.15, 0.2) is 11.5 Å². The first-order chi connectivity index (χ1) is 16.1. The highest BCUT2D eigenvalue weighted by Gasteiger charge is 2.80. The third-order valence-electron chi connectivity index (χ3n) is 10.4. The highest BCUT2D eigenvalue weighted by atomic mass is 16.7. The van der Waals surface area contributed by atoms with Crippen molar-refractivity contribution in [3.05, 3.63) is 23.3 Å². The van der Waals surface area contributed by atoms with Crippen molar-refractivity contribution in [2.24, 2.45) is 5.92 Å². The van der Waals surface area contributed by atoms with Crippen LogP contribution in [0.15, 0.2) is 12.1 Å². The van der Waals surface area contributed by atoms with Crippen LogP contribution in [0.3, 0.4) is 0 Å². The molecular formula is C25H30N2O6. The number of fused-ring (bicyclic) bond motifs is 2. The number of likely N-dealkylation sites (tertiary alicyclic amines) is 1. The number of hydrogen-bond acceptors (Lipinski definition) is 8. The summed E-state index contributed by atoms with van der Waals surface area (Å²) in [6.07, 6.45) is 4.72. The molecule has 33 heavy (non-hydrogen) atoms. The van der Waals surface area contributed by atoms with Crippen molar-refractivity contribution in [3.63, 3.8) is 0 Å². The van der Waals surface area contributed by atoms with E-state index in [2.05, 4.69) is 15.9 Å². The maximum atomic E-state index is 12.7. The zero-order chi connectivity index (χ0) is 21.7. The summed E-state index contributed by atoms with van der Waals surface area (Å²) in [7, 11) is 0. The predicted molar refractivity (Wildman–Crippen MR) is 114 cm³/mol. The number of aromatic hydroxyl groups is 1. The van der Waals surface area contributed by atoms with Crippen LogP contribution in [0.4, 0.5) is 0 Å². The molecule has 3 aliphatic carbocycles. The fourth-order valence-electron chi connectivity index (χ4n) is 8.93. The van der Waals surface area contributed by atoms with E-state index >= 15 is 0 Å². The molecule has 8 nitrogen and oxygen atoms in total. The highest BCUT2D eigenvalue weighted by molar-refractivity contribution is 5.63. The molecule has 9 rings (SSSR count). The van der Waals surface area contributed by atoms with Crippen molar-refractivity contribution in [3.8, 4) is 11.5 Å². The first kappa shape index (κ1) is 18.9. The molecule has 2 N–H and O–H groups in total. The molecule has 0 radical (unpaired) electrons. The number of hydrogen-bond donors (Lipinski definition) is 2. The van der Waals surface area contributed by atoms with E-state index in [9.17, 15) is 10.2 Å². The quantitative estimate of drug-likeness (QED) is 0.687. The molecule has 2 saturated carbocycles. The van der Waals surface area contributed by atoms with Crippen molar-refractivity contribution in [2.75, 3.05) is 26.3 Å². The number of rotatable bonds is 2. The number of piperidine rings is 1.